The summed E-state index contributed by atoms with van der Waals surface area (Å²) in [7, 11) is 1.72. The molecule has 64 valence electrons. The molecule has 0 aromatic carbocycles. The number of hydrogen-bond donors (Lipinski definition) is 1. The topological polar surface area (TPSA) is 54.9 Å². The minimum absolute atomic E-state index is 0.0360. The average Bonchev–Trinajstić information content (AvgIpc) is 2.17. The van der Waals surface area contributed by atoms with Crippen molar-refractivity contribution in [2.45, 2.75) is 13.3 Å². The van der Waals surface area contributed by atoms with Crippen molar-refractivity contribution in [1.82, 2.24) is 9.97 Å². The second kappa shape index (κ2) is 3.80. The highest BCUT2D eigenvalue weighted by molar-refractivity contribution is 5.94. The van der Waals surface area contributed by atoms with Gasteiger partial charge in [-0.25, -0.2) is 9.97 Å². The largest absolute Gasteiger partial charge is 0.357 e. The maximum atomic E-state index is 11.2. The van der Waals surface area contributed by atoms with E-state index in [2.05, 4.69) is 15.3 Å². The lowest BCUT2D eigenvalue weighted by Crippen LogP contribution is -2.04. The van der Waals surface area contributed by atoms with Gasteiger partial charge in [-0.05, 0) is 6.07 Å². The molecule has 1 N–H and O–H groups in total. The molecular formula is C8H11N3O. The number of hydrogen-bond acceptors (Lipinski definition) is 4. The van der Waals surface area contributed by atoms with Crippen LogP contribution in [0.2, 0.25) is 0 Å². The Bertz CT molecular complexity index is 285. The van der Waals surface area contributed by atoms with Gasteiger partial charge in [0.1, 0.15) is 5.69 Å². The third-order valence-electron chi connectivity index (χ3n) is 1.49. The first-order chi connectivity index (χ1) is 5.77. The summed E-state index contributed by atoms with van der Waals surface area (Å²) in [6.07, 6.45) is 2.04. The van der Waals surface area contributed by atoms with Crippen LogP contribution in [0.15, 0.2) is 12.3 Å². The van der Waals surface area contributed by atoms with E-state index in [1.807, 2.05) is 6.92 Å². The van der Waals surface area contributed by atoms with Gasteiger partial charge in [0.05, 0.1) is 0 Å². The van der Waals surface area contributed by atoms with Crippen LogP contribution in [0.4, 0.5) is 5.95 Å². The van der Waals surface area contributed by atoms with Gasteiger partial charge in [-0.3, -0.25) is 4.79 Å². The van der Waals surface area contributed by atoms with Gasteiger partial charge < -0.3 is 5.32 Å². The Labute approximate surface area is 71.0 Å². The molecule has 0 aliphatic rings. The van der Waals surface area contributed by atoms with Gasteiger partial charge in [0.15, 0.2) is 5.78 Å². The van der Waals surface area contributed by atoms with E-state index in [1.54, 1.807) is 19.3 Å². The Hall–Kier alpha value is -1.45. The van der Waals surface area contributed by atoms with Crippen molar-refractivity contribution in [3.05, 3.63) is 18.0 Å². The summed E-state index contributed by atoms with van der Waals surface area (Å²) >= 11 is 0. The minimum Gasteiger partial charge on any atom is -0.357 e. The molecular weight excluding hydrogens is 154 g/mol. The molecule has 12 heavy (non-hydrogen) atoms. The van der Waals surface area contributed by atoms with Crippen LogP contribution in [-0.2, 0) is 0 Å². The van der Waals surface area contributed by atoms with Crippen LogP contribution in [0.25, 0.3) is 0 Å². The first-order valence-corrected chi connectivity index (χ1v) is 3.82. The van der Waals surface area contributed by atoms with Crippen LogP contribution in [0.1, 0.15) is 23.8 Å². The quantitative estimate of drug-likeness (QED) is 0.682. The van der Waals surface area contributed by atoms with Crippen molar-refractivity contribution in [2.75, 3.05) is 12.4 Å². The molecule has 0 atom stereocenters. The molecule has 4 nitrogen and oxygen atoms in total. The Kier molecular flexibility index (Phi) is 2.74. The fourth-order valence-corrected chi connectivity index (χ4v) is 0.816. The summed E-state index contributed by atoms with van der Waals surface area (Å²) in [4.78, 5) is 19.1. The molecule has 0 saturated heterocycles. The predicted molar refractivity (Wildman–Crippen MR) is 46.2 cm³/mol. The lowest BCUT2D eigenvalue weighted by Gasteiger charge is -1.99. The number of ketones is 1. The second-order valence-corrected chi connectivity index (χ2v) is 2.29. The van der Waals surface area contributed by atoms with Crippen molar-refractivity contribution in [3.63, 3.8) is 0 Å². The predicted octanol–water partition coefficient (Wildman–Crippen LogP) is 1.11. The Balaban J connectivity index is 2.93. The zero-order valence-electron chi connectivity index (χ0n) is 7.16. The maximum absolute atomic E-state index is 11.2. The molecule has 0 fully saturated rings. The zero-order chi connectivity index (χ0) is 8.97. The molecule has 0 bridgehead atoms. The van der Waals surface area contributed by atoms with Gasteiger partial charge in [-0.15, -0.1) is 0 Å². The van der Waals surface area contributed by atoms with Crippen molar-refractivity contribution in [3.8, 4) is 0 Å². The minimum atomic E-state index is 0.0360. The second-order valence-electron chi connectivity index (χ2n) is 2.29. The molecule has 0 saturated carbocycles. The summed E-state index contributed by atoms with van der Waals surface area (Å²) in [5, 5.41) is 2.77. The monoisotopic (exact) mass is 165 g/mol. The number of Topliss-reactive ketones (excluding diaryl/α,β-unsaturated/α-hetero) is 1. The highest BCUT2D eigenvalue weighted by Gasteiger charge is 2.04. The Morgan fingerprint density at radius 1 is 1.67 bits per heavy atom. The first-order valence-electron chi connectivity index (χ1n) is 3.82. The Morgan fingerprint density at radius 3 is 3.00 bits per heavy atom. The van der Waals surface area contributed by atoms with Crippen molar-refractivity contribution in [1.29, 1.82) is 0 Å². The molecule has 0 radical (unpaired) electrons. The molecule has 0 aliphatic carbocycles. The van der Waals surface area contributed by atoms with E-state index in [0.29, 0.717) is 18.1 Å². The summed E-state index contributed by atoms with van der Waals surface area (Å²) < 4.78 is 0. The van der Waals surface area contributed by atoms with Crippen molar-refractivity contribution in [2.24, 2.45) is 0 Å². The lowest BCUT2D eigenvalue weighted by atomic mass is 10.2. The SMILES string of the molecule is CCC(=O)c1ccnc(NC)n1. The van der Waals surface area contributed by atoms with E-state index in [-0.39, 0.29) is 5.78 Å². The Morgan fingerprint density at radius 2 is 2.42 bits per heavy atom. The highest BCUT2D eigenvalue weighted by atomic mass is 16.1. The smallest absolute Gasteiger partial charge is 0.223 e. The molecule has 1 aromatic rings. The lowest BCUT2D eigenvalue weighted by molar-refractivity contribution is 0.0983. The van der Waals surface area contributed by atoms with Gasteiger partial charge >= 0.3 is 0 Å². The first kappa shape index (κ1) is 8.64. The van der Waals surface area contributed by atoms with Crippen LogP contribution in [0.5, 0.6) is 0 Å². The number of nitrogens with zero attached hydrogens (tertiary/aromatic N) is 2. The molecule has 0 aliphatic heterocycles. The van der Waals surface area contributed by atoms with Crippen LogP contribution >= 0.6 is 0 Å². The van der Waals surface area contributed by atoms with Gasteiger partial charge in [0, 0.05) is 19.7 Å². The molecule has 0 amide bonds. The number of carbonyl (C=O) groups excluding carboxylic acids is 1. The van der Waals surface area contributed by atoms with Crippen molar-refractivity contribution >= 4 is 11.7 Å². The normalized spacial score (nSPS) is 9.50. The molecule has 4 heteroatoms. The third-order valence-corrected chi connectivity index (χ3v) is 1.49. The number of carbonyl (C=O) groups is 1. The molecule has 1 heterocycles. The van der Waals surface area contributed by atoms with E-state index < -0.39 is 0 Å². The molecule has 1 rings (SSSR count). The van der Waals surface area contributed by atoms with Crippen LogP contribution in [0, 0.1) is 0 Å². The standard InChI is InChI=1S/C8H11N3O/c1-3-7(12)6-4-5-10-8(9-2)11-6/h4-5H,3H2,1-2H3,(H,9,10,11). The number of nitrogens with one attached hydrogen (secondary N) is 1. The van der Waals surface area contributed by atoms with E-state index in [4.69, 9.17) is 0 Å². The number of anilines is 1. The number of aromatic nitrogens is 2. The zero-order valence-corrected chi connectivity index (χ0v) is 7.16. The van der Waals surface area contributed by atoms with Gasteiger partial charge in [0.25, 0.3) is 0 Å². The fraction of sp³-hybridized carbons (Fsp3) is 0.375. The van der Waals surface area contributed by atoms with Crippen molar-refractivity contribution < 1.29 is 4.79 Å². The maximum Gasteiger partial charge on any atom is 0.223 e. The van der Waals surface area contributed by atoms with E-state index in [1.165, 1.54) is 0 Å². The van der Waals surface area contributed by atoms with Crippen LogP contribution < -0.4 is 5.32 Å². The fourth-order valence-electron chi connectivity index (χ4n) is 0.816. The summed E-state index contributed by atoms with van der Waals surface area (Å²) in [6.45, 7) is 1.81. The van der Waals surface area contributed by atoms with E-state index in [0.717, 1.165) is 0 Å². The van der Waals surface area contributed by atoms with E-state index >= 15 is 0 Å². The van der Waals surface area contributed by atoms with Gasteiger partial charge in [-0.1, -0.05) is 6.92 Å². The molecule has 0 unspecified atom stereocenters. The average molecular weight is 165 g/mol. The summed E-state index contributed by atoms with van der Waals surface area (Å²) in [5.41, 5.74) is 0.469. The van der Waals surface area contributed by atoms with Gasteiger partial charge in [0.2, 0.25) is 5.95 Å². The number of rotatable bonds is 3. The molecule has 0 spiro atoms. The van der Waals surface area contributed by atoms with Crippen LogP contribution in [0.3, 0.4) is 0 Å². The van der Waals surface area contributed by atoms with E-state index in [9.17, 15) is 4.79 Å². The van der Waals surface area contributed by atoms with Crippen LogP contribution in [-0.4, -0.2) is 22.8 Å². The van der Waals surface area contributed by atoms with Gasteiger partial charge in [-0.2, -0.15) is 0 Å². The third kappa shape index (κ3) is 1.78. The molecule has 1 aromatic heterocycles. The summed E-state index contributed by atoms with van der Waals surface area (Å²) in [6, 6.07) is 1.62. The summed E-state index contributed by atoms with van der Waals surface area (Å²) in [5.74, 6) is 0.517. The highest BCUT2D eigenvalue weighted by Crippen LogP contribution is 2.01.